The Morgan fingerprint density at radius 3 is 2.86 bits per heavy atom. The van der Waals surface area contributed by atoms with Gasteiger partial charge < -0.3 is 5.11 Å². The fourth-order valence-electron chi connectivity index (χ4n) is 2.10. The van der Waals surface area contributed by atoms with Crippen LogP contribution in [-0.2, 0) is 6.42 Å². The number of hydrogen-bond donors (Lipinski definition) is 1. The van der Waals surface area contributed by atoms with Crippen LogP contribution < -0.4 is 0 Å². The molecular formula is C12H17NO. The van der Waals surface area contributed by atoms with Gasteiger partial charge in [-0.25, -0.2) is 0 Å². The van der Waals surface area contributed by atoms with E-state index in [1.165, 1.54) is 11.1 Å². The van der Waals surface area contributed by atoms with Crippen LogP contribution >= 0.6 is 0 Å². The highest BCUT2D eigenvalue weighted by Crippen LogP contribution is 2.32. The summed E-state index contributed by atoms with van der Waals surface area (Å²) in [5, 5.41) is 9.61. The highest BCUT2D eigenvalue weighted by molar-refractivity contribution is 5.43. The molecule has 0 radical (unpaired) electrons. The largest absolute Gasteiger partial charge is 0.508 e. The maximum absolute atomic E-state index is 9.61. The quantitative estimate of drug-likeness (QED) is 0.680. The van der Waals surface area contributed by atoms with Crippen molar-refractivity contribution in [2.75, 3.05) is 13.6 Å². The molecule has 2 nitrogen and oxygen atoms in total. The Morgan fingerprint density at radius 2 is 2.14 bits per heavy atom. The van der Waals surface area contributed by atoms with Crippen molar-refractivity contribution in [3.63, 3.8) is 0 Å². The van der Waals surface area contributed by atoms with Crippen molar-refractivity contribution in [1.29, 1.82) is 0 Å². The summed E-state index contributed by atoms with van der Waals surface area (Å²) in [6, 6.07) is 4.51. The SMILES string of the molecule is Cc1cc2c(cc1O)CCN(C)C2C. The Labute approximate surface area is 85.2 Å². The lowest BCUT2D eigenvalue weighted by Gasteiger charge is -2.32. The van der Waals surface area contributed by atoms with Crippen LogP contribution in [0.25, 0.3) is 0 Å². The first kappa shape index (κ1) is 9.53. The number of aromatic hydroxyl groups is 1. The third-order valence-electron chi connectivity index (χ3n) is 3.30. The van der Waals surface area contributed by atoms with Gasteiger partial charge in [-0.1, -0.05) is 6.07 Å². The molecule has 1 N–H and O–H groups in total. The molecule has 0 bridgehead atoms. The summed E-state index contributed by atoms with van der Waals surface area (Å²) in [4.78, 5) is 2.35. The molecule has 1 aliphatic rings. The summed E-state index contributed by atoms with van der Waals surface area (Å²) in [6.45, 7) is 5.25. The molecule has 76 valence electrons. The number of benzene rings is 1. The predicted molar refractivity (Wildman–Crippen MR) is 57.6 cm³/mol. The third kappa shape index (κ3) is 1.40. The van der Waals surface area contributed by atoms with E-state index in [-0.39, 0.29) is 0 Å². The molecule has 2 heteroatoms. The van der Waals surface area contributed by atoms with E-state index in [0.717, 1.165) is 18.5 Å². The van der Waals surface area contributed by atoms with E-state index in [4.69, 9.17) is 0 Å². The van der Waals surface area contributed by atoms with Gasteiger partial charge >= 0.3 is 0 Å². The Morgan fingerprint density at radius 1 is 1.43 bits per heavy atom. The first-order valence-corrected chi connectivity index (χ1v) is 5.12. The summed E-state index contributed by atoms with van der Waals surface area (Å²) in [5.74, 6) is 0.431. The van der Waals surface area contributed by atoms with Gasteiger partial charge in [0, 0.05) is 12.6 Å². The van der Waals surface area contributed by atoms with Gasteiger partial charge in [0.15, 0.2) is 0 Å². The third-order valence-corrected chi connectivity index (χ3v) is 3.30. The van der Waals surface area contributed by atoms with Crippen LogP contribution in [0.5, 0.6) is 5.75 Å². The van der Waals surface area contributed by atoms with Gasteiger partial charge in [0.2, 0.25) is 0 Å². The Hall–Kier alpha value is -1.02. The molecule has 1 aromatic rings. The zero-order valence-corrected chi connectivity index (χ0v) is 9.04. The van der Waals surface area contributed by atoms with Crippen LogP contribution in [0.2, 0.25) is 0 Å². The fourth-order valence-corrected chi connectivity index (χ4v) is 2.10. The second-order valence-corrected chi connectivity index (χ2v) is 4.24. The zero-order valence-electron chi connectivity index (χ0n) is 9.04. The van der Waals surface area contributed by atoms with E-state index in [1.54, 1.807) is 0 Å². The highest BCUT2D eigenvalue weighted by atomic mass is 16.3. The Bertz CT molecular complexity index is 360. The lowest BCUT2D eigenvalue weighted by atomic mass is 9.92. The summed E-state index contributed by atoms with van der Waals surface area (Å²) in [5.41, 5.74) is 3.65. The number of nitrogens with zero attached hydrogens (tertiary/aromatic N) is 1. The van der Waals surface area contributed by atoms with Crippen molar-refractivity contribution < 1.29 is 5.11 Å². The van der Waals surface area contributed by atoms with E-state index in [1.807, 2.05) is 13.0 Å². The number of fused-ring (bicyclic) bond motifs is 1. The van der Waals surface area contributed by atoms with Crippen LogP contribution in [0.1, 0.15) is 29.7 Å². The number of aryl methyl sites for hydroxylation is 1. The van der Waals surface area contributed by atoms with Crippen LogP contribution in [0.15, 0.2) is 12.1 Å². The van der Waals surface area contributed by atoms with Crippen LogP contribution in [0, 0.1) is 6.92 Å². The first-order chi connectivity index (χ1) is 6.59. The molecular weight excluding hydrogens is 174 g/mol. The molecule has 14 heavy (non-hydrogen) atoms. The Balaban J connectivity index is 2.50. The number of hydrogen-bond acceptors (Lipinski definition) is 2. The maximum atomic E-state index is 9.61. The minimum absolute atomic E-state index is 0.431. The average Bonchev–Trinajstić information content (AvgIpc) is 2.15. The van der Waals surface area contributed by atoms with Gasteiger partial charge in [-0.3, -0.25) is 4.90 Å². The van der Waals surface area contributed by atoms with Crippen molar-refractivity contribution in [3.05, 3.63) is 28.8 Å². The Kier molecular flexibility index (Phi) is 2.23. The first-order valence-electron chi connectivity index (χ1n) is 5.12. The molecule has 0 spiro atoms. The maximum Gasteiger partial charge on any atom is 0.118 e. The summed E-state index contributed by atoms with van der Waals surface area (Å²) >= 11 is 0. The smallest absolute Gasteiger partial charge is 0.118 e. The lowest BCUT2D eigenvalue weighted by Crippen LogP contribution is -2.30. The molecule has 1 aromatic carbocycles. The predicted octanol–water partition coefficient (Wildman–Crippen LogP) is 2.25. The summed E-state index contributed by atoms with van der Waals surface area (Å²) in [6.07, 6.45) is 1.05. The van der Waals surface area contributed by atoms with E-state index < -0.39 is 0 Å². The lowest BCUT2D eigenvalue weighted by molar-refractivity contribution is 0.247. The van der Waals surface area contributed by atoms with Crippen molar-refractivity contribution >= 4 is 0 Å². The van der Waals surface area contributed by atoms with Crippen LogP contribution in [-0.4, -0.2) is 23.6 Å². The molecule has 1 heterocycles. The van der Waals surface area contributed by atoms with E-state index in [2.05, 4.69) is 24.9 Å². The van der Waals surface area contributed by atoms with Crippen molar-refractivity contribution in [2.24, 2.45) is 0 Å². The average molecular weight is 191 g/mol. The van der Waals surface area contributed by atoms with Gasteiger partial charge in [-0.15, -0.1) is 0 Å². The van der Waals surface area contributed by atoms with Crippen LogP contribution in [0.4, 0.5) is 0 Å². The van der Waals surface area contributed by atoms with Crippen molar-refractivity contribution in [2.45, 2.75) is 26.3 Å². The number of likely N-dealkylation sites (N-methyl/N-ethyl adjacent to an activating group) is 1. The van der Waals surface area contributed by atoms with Crippen molar-refractivity contribution in [3.8, 4) is 5.75 Å². The molecule has 1 aliphatic heterocycles. The van der Waals surface area contributed by atoms with Crippen LogP contribution in [0.3, 0.4) is 0 Å². The summed E-state index contributed by atoms with van der Waals surface area (Å²) < 4.78 is 0. The minimum atomic E-state index is 0.431. The van der Waals surface area contributed by atoms with Gasteiger partial charge in [0.25, 0.3) is 0 Å². The monoisotopic (exact) mass is 191 g/mol. The topological polar surface area (TPSA) is 23.5 Å². The fraction of sp³-hybridized carbons (Fsp3) is 0.500. The van der Waals surface area contributed by atoms with E-state index >= 15 is 0 Å². The van der Waals surface area contributed by atoms with Gasteiger partial charge in [-0.2, -0.15) is 0 Å². The molecule has 2 rings (SSSR count). The number of phenols is 1. The molecule has 1 atom stereocenters. The minimum Gasteiger partial charge on any atom is -0.508 e. The highest BCUT2D eigenvalue weighted by Gasteiger charge is 2.21. The van der Waals surface area contributed by atoms with Gasteiger partial charge in [-0.05, 0) is 50.1 Å². The zero-order chi connectivity index (χ0) is 10.3. The number of rotatable bonds is 0. The van der Waals surface area contributed by atoms with E-state index in [9.17, 15) is 5.11 Å². The molecule has 0 aromatic heterocycles. The molecule has 0 saturated heterocycles. The molecule has 0 fully saturated rings. The second-order valence-electron chi connectivity index (χ2n) is 4.24. The molecule has 0 saturated carbocycles. The van der Waals surface area contributed by atoms with E-state index in [0.29, 0.717) is 11.8 Å². The normalized spacial score (nSPS) is 22.1. The molecule has 0 amide bonds. The van der Waals surface area contributed by atoms with Gasteiger partial charge in [0.1, 0.15) is 5.75 Å². The second kappa shape index (κ2) is 3.28. The van der Waals surface area contributed by atoms with Crippen molar-refractivity contribution in [1.82, 2.24) is 4.90 Å². The summed E-state index contributed by atoms with van der Waals surface area (Å²) in [7, 11) is 2.15. The number of phenolic OH excluding ortho intramolecular Hbond substituents is 1. The standard InChI is InChI=1S/C12H17NO/c1-8-6-11-9(2)13(3)5-4-10(11)7-12(8)14/h6-7,9,14H,4-5H2,1-3H3. The molecule has 1 unspecified atom stereocenters. The van der Waals surface area contributed by atoms with Gasteiger partial charge in [0.05, 0.1) is 0 Å². The molecule has 0 aliphatic carbocycles.